The molecule has 4 heteroatoms. The molecule has 2 N–H and O–H groups in total. The number of benzene rings is 3. The molecule has 0 aliphatic heterocycles. The molecule has 29 heavy (non-hydrogen) atoms. The topological polar surface area (TPSA) is 50.4 Å². The lowest BCUT2D eigenvalue weighted by Gasteiger charge is -2.12. The third-order valence-electron chi connectivity index (χ3n) is 4.66. The van der Waals surface area contributed by atoms with Gasteiger partial charge in [-0.1, -0.05) is 54.1 Å². The van der Waals surface area contributed by atoms with E-state index in [4.69, 9.17) is 4.74 Å². The quantitative estimate of drug-likeness (QED) is 0.485. The van der Waals surface area contributed by atoms with Gasteiger partial charge in [-0.3, -0.25) is 4.79 Å². The molecule has 0 fully saturated rings. The number of nitrogens with one attached hydrogen (secondary N) is 2. The summed E-state index contributed by atoms with van der Waals surface area (Å²) in [6, 6.07) is 24.0. The fourth-order valence-corrected chi connectivity index (χ4v) is 3.17. The van der Waals surface area contributed by atoms with Crippen molar-refractivity contribution >= 4 is 17.3 Å². The van der Waals surface area contributed by atoms with Crippen LogP contribution in [0.15, 0.2) is 72.8 Å². The van der Waals surface area contributed by atoms with E-state index in [1.807, 2.05) is 49.4 Å². The van der Waals surface area contributed by atoms with Gasteiger partial charge in [-0.05, 0) is 56.0 Å². The molecule has 0 saturated heterocycles. The molecule has 0 aliphatic rings. The summed E-state index contributed by atoms with van der Waals surface area (Å²) in [6.45, 7) is 4.94. The van der Waals surface area contributed by atoms with Gasteiger partial charge < -0.3 is 15.4 Å². The molecule has 150 valence electrons. The Hall–Kier alpha value is -3.27. The maximum absolute atomic E-state index is 12.3. The number of ether oxygens (including phenoxy) is 1. The molecule has 3 aromatic rings. The van der Waals surface area contributed by atoms with Crippen LogP contribution in [0, 0.1) is 13.8 Å². The zero-order valence-electron chi connectivity index (χ0n) is 17.1. The Labute approximate surface area is 172 Å². The molecule has 0 saturated carbocycles. The number of rotatable bonds is 9. The molecular formula is C25H28N2O2. The van der Waals surface area contributed by atoms with Gasteiger partial charge in [-0.2, -0.15) is 0 Å². The lowest BCUT2D eigenvalue weighted by Crippen LogP contribution is -2.22. The standard InChI is InChI=1S/C25H28N2O2/c1-19-13-14-24(20(2)16-19)26-18-25(28)27-22-11-6-12-23(17-22)29-15-7-10-21-8-4-3-5-9-21/h3-6,8-9,11-14,16-17,26H,7,10,15,18H2,1-2H3,(H,27,28). The van der Waals surface area contributed by atoms with Crippen molar-refractivity contribution < 1.29 is 9.53 Å². The zero-order valence-corrected chi connectivity index (χ0v) is 17.1. The summed E-state index contributed by atoms with van der Waals surface area (Å²) >= 11 is 0. The van der Waals surface area contributed by atoms with Gasteiger partial charge in [0.15, 0.2) is 0 Å². The first-order valence-corrected chi connectivity index (χ1v) is 9.98. The van der Waals surface area contributed by atoms with Crippen molar-refractivity contribution in [2.45, 2.75) is 26.7 Å². The van der Waals surface area contributed by atoms with Gasteiger partial charge in [-0.15, -0.1) is 0 Å². The van der Waals surface area contributed by atoms with Crippen molar-refractivity contribution in [1.29, 1.82) is 0 Å². The summed E-state index contributed by atoms with van der Waals surface area (Å²) in [4.78, 5) is 12.3. The SMILES string of the molecule is Cc1ccc(NCC(=O)Nc2cccc(OCCCc3ccccc3)c2)c(C)c1. The summed E-state index contributed by atoms with van der Waals surface area (Å²) < 4.78 is 5.84. The van der Waals surface area contributed by atoms with E-state index >= 15 is 0 Å². The van der Waals surface area contributed by atoms with Gasteiger partial charge >= 0.3 is 0 Å². The largest absolute Gasteiger partial charge is 0.494 e. The number of carbonyl (C=O) groups is 1. The first-order valence-electron chi connectivity index (χ1n) is 9.98. The van der Waals surface area contributed by atoms with Crippen molar-refractivity contribution in [2.24, 2.45) is 0 Å². The highest BCUT2D eigenvalue weighted by Gasteiger charge is 2.05. The third kappa shape index (κ3) is 6.68. The Balaban J connectivity index is 1.44. The van der Waals surface area contributed by atoms with Crippen molar-refractivity contribution in [3.63, 3.8) is 0 Å². The minimum atomic E-state index is -0.0915. The van der Waals surface area contributed by atoms with Crippen molar-refractivity contribution in [1.82, 2.24) is 0 Å². The molecule has 1 amide bonds. The van der Waals surface area contributed by atoms with Crippen LogP contribution in [-0.2, 0) is 11.2 Å². The van der Waals surface area contributed by atoms with Crippen LogP contribution < -0.4 is 15.4 Å². The smallest absolute Gasteiger partial charge is 0.243 e. The normalized spacial score (nSPS) is 10.4. The van der Waals surface area contributed by atoms with Crippen molar-refractivity contribution in [3.8, 4) is 5.75 Å². The molecular weight excluding hydrogens is 360 g/mol. The van der Waals surface area contributed by atoms with Crippen molar-refractivity contribution in [2.75, 3.05) is 23.8 Å². The molecule has 0 aliphatic carbocycles. The number of amides is 1. The summed E-state index contributed by atoms with van der Waals surface area (Å²) in [5, 5.41) is 6.11. The number of aryl methyl sites for hydroxylation is 3. The van der Waals surface area contributed by atoms with E-state index < -0.39 is 0 Å². The molecule has 0 unspecified atom stereocenters. The molecule has 0 aromatic heterocycles. The van der Waals surface area contributed by atoms with Gasteiger partial charge in [0.05, 0.1) is 13.2 Å². The van der Waals surface area contributed by atoms with E-state index in [0.29, 0.717) is 6.61 Å². The molecule has 0 radical (unpaired) electrons. The van der Waals surface area contributed by atoms with E-state index in [9.17, 15) is 4.79 Å². The summed E-state index contributed by atoms with van der Waals surface area (Å²) in [5.74, 6) is 0.671. The van der Waals surface area contributed by atoms with Gasteiger partial charge in [0.25, 0.3) is 0 Å². The minimum Gasteiger partial charge on any atom is -0.494 e. The second kappa shape index (κ2) is 10.3. The van der Waals surface area contributed by atoms with Crippen LogP contribution in [0.2, 0.25) is 0 Å². The van der Waals surface area contributed by atoms with E-state index in [2.05, 4.69) is 47.9 Å². The lowest BCUT2D eigenvalue weighted by atomic mass is 10.1. The zero-order chi connectivity index (χ0) is 20.5. The lowest BCUT2D eigenvalue weighted by molar-refractivity contribution is -0.114. The van der Waals surface area contributed by atoms with E-state index in [0.717, 1.165) is 35.5 Å². The Morgan fingerprint density at radius 1 is 0.931 bits per heavy atom. The molecule has 0 spiro atoms. The maximum Gasteiger partial charge on any atom is 0.243 e. The Morgan fingerprint density at radius 2 is 1.76 bits per heavy atom. The van der Waals surface area contributed by atoms with Crippen LogP contribution in [0.5, 0.6) is 5.75 Å². The maximum atomic E-state index is 12.3. The summed E-state index contributed by atoms with van der Waals surface area (Å²) in [6.07, 6.45) is 1.93. The second-order valence-electron chi connectivity index (χ2n) is 7.19. The number of anilines is 2. The molecule has 0 bridgehead atoms. The fourth-order valence-electron chi connectivity index (χ4n) is 3.17. The van der Waals surface area contributed by atoms with Crippen LogP contribution in [0.1, 0.15) is 23.1 Å². The molecule has 3 rings (SSSR count). The highest BCUT2D eigenvalue weighted by molar-refractivity contribution is 5.94. The predicted octanol–water partition coefficient (Wildman–Crippen LogP) is 5.37. The van der Waals surface area contributed by atoms with Crippen LogP contribution in [0.4, 0.5) is 11.4 Å². The average Bonchev–Trinajstić information content (AvgIpc) is 2.72. The number of carbonyl (C=O) groups excluding carboxylic acids is 1. The van der Waals surface area contributed by atoms with Crippen LogP contribution in [0.3, 0.4) is 0 Å². The van der Waals surface area contributed by atoms with Gasteiger partial charge in [0.2, 0.25) is 5.91 Å². The molecule has 4 nitrogen and oxygen atoms in total. The Bertz CT molecular complexity index is 939. The highest BCUT2D eigenvalue weighted by atomic mass is 16.5. The van der Waals surface area contributed by atoms with E-state index in [-0.39, 0.29) is 12.5 Å². The van der Waals surface area contributed by atoms with Crippen LogP contribution in [-0.4, -0.2) is 19.1 Å². The second-order valence-corrected chi connectivity index (χ2v) is 7.19. The molecule has 3 aromatic carbocycles. The van der Waals surface area contributed by atoms with E-state index in [1.165, 1.54) is 11.1 Å². The van der Waals surface area contributed by atoms with Gasteiger partial charge in [-0.25, -0.2) is 0 Å². The third-order valence-corrected chi connectivity index (χ3v) is 4.66. The summed E-state index contributed by atoms with van der Waals surface area (Å²) in [7, 11) is 0. The van der Waals surface area contributed by atoms with Crippen LogP contribution >= 0.6 is 0 Å². The van der Waals surface area contributed by atoms with Crippen molar-refractivity contribution in [3.05, 3.63) is 89.5 Å². The first kappa shape index (κ1) is 20.5. The average molecular weight is 389 g/mol. The number of hydrogen-bond donors (Lipinski definition) is 2. The molecule has 0 atom stereocenters. The minimum absolute atomic E-state index is 0.0915. The Kier molecular flexibility index (Phi) is 7.28. The monoisotopic (exact) mass is 388 g/mol. The van der Waals surface area contributed by atoms with Gasteiger partial charge in [0, 0.05) is 17.4 Å². The first-order chi connectivity index (χ1) is 14.1. The number of hydrogen-bond acceptors (Lipinski definition) is 3. The highest BCUT2D eigenvalue weighted by Crippen LogP contribution is 2.19. The molecule has 0 heterocycles. The Morgan fingerprint density at radius 3 is 2.55 bits per heavy atom. The predicted molar refractivity (Wildman–Crippen MR) is 120 cm³/mol. The fraction of sp³-hybridized carbons (Fsp3) is 0.240. The van der Waals surface area contributed by atoms with E-state index in [1.54, 1.807) is 0 Å². The van der Waals surface area contributed by atoms with Crippen LogP contribution in [0.25, 0.3) is 0 Å². The van der Waals surface area contributed by atoms with Gasteiger partial charge in [0.1, 0.15) is 5.75 Å². The summed E-state index contributed by atoms with van der Waals surface area (Å²) in [5.41, 5.74) is 5.36.